The van der Waals surface area contributed by atoms with E-state index in [-0.39, 0.29) is 25.5 Å². The number of nitrogens with one attached hydrogen (secondary N) is 1. The molecule has 130 valence electrons. The summed E-state index contributed by atoms with van der Waals surface area (Å²) in [5.74, 6) is -1.14. The normalized spacial score (nSPS) is 16.3. The Hall–Kier alpha value is -2.61. The number of ether oxygens (including phenoxy) is 2. The summed E-state index contributed by atoms with van der Waals surface area (Å²) in [6, 6.07) is 4.90. The van der Waals surface area contributed by atoms with Crippen molar-refractivity contribution in [1.82, 2.24) is 0 Å². The van der Waals surface area contributed by atoms with Crippen molar-refractivity contribution in [3.05, 3.63) is 18.2 Å². The average molecular weight is 336 g/mol. The molecule has 1 aromatic carbocycles. The van der Waals surface area contributed by atoms with Gasteiger partial charge < -0.3 is 19.9 Å². The first kappa shape index (κ1) is 17.7. The second kappa shape index (κ2) is 7.78. The van der Waals surface area contributed by atoms with Crippen molar-refractivity contribution in [3.63, 3.8) is 0 Å². The molecule has 0 saturated carbocycles. The van der Waals surface area contributed by atoms with Gasteiger partial charge in [0.15, 0.2) is 6.10 Å². The van der Waals surface area contributed by atoms with Crippen molar-refractivity contribution in [3.8, 4) is 5.75 Å². The van der Waals surface area contributed by atoms with E-state index in [1.165, 1.54) is 12.0 Å². The summed E-state index contributed by atoms with van der Waals surface area (Å²) in [5, 5.41) is 11.2. The molecule has 0 aliphatic carbocycles. The molecule has 0 spiro atoms. The van der Waals surface area contributed by atoms with Crippen LogP contribution in [0.25, 0.3) is 0 Å². The molecule has 1 unspecified atom stereocenters. The minimum atomic E-state index is -1.03. The maximum atomic E-state index is 12.3. The number of hydrogen-bond donors (Lipinski definition) is 2. The highest BCUT2D eigenvalue weighted by molar-refractivity contribution is 6.00. The van der Waals surface area contributed by atoms with Crippen molar-refractivity contribution in [1.29, 1.82) is 0 Å². The number of carbonyl (C=O) groups excluding carboxylic acids is 2. The molecule has 8 nitrogen and oxygen atoms in total. The van der Waals surface area contributed by atoms with E-state index < -0.39 is 18.0 Å². The minimum absolute atomic E-state index is 0.107. The molecule has 0 saturated heterocycles. The first-order valence-electron chi connectivity index (χ1n) is 7.59. The Labute approximate surface area is 139 Å². The van der Waals surface area contributed by atoms with Crippen molar-refractivity contribution >= 4 is 29.2 Å². The van der Waals surface area contributed by atoms with Crippen molar-refractivity contribution in [2.75, 3.05) is 24.1 Å². The Morgan fingerprint density at radius 1 is 1.38 bits per heavy atom. The van der Waals surface area contributed by atoms with Gasteiger partial charge >= 0.3 is 5.97 Å². The van der Waals surface area contributed by atoms with Gasteiger partial charge in [0, 0.05) is 25.3 Å². The summed E-state index contributed by atoms with van der Waals surface area (Å²) >= 11 is 0. The van der Waals surface area contributed by atoms with Crippen molar-refractivity contribution in [2.24, 2.45) is 0 Å². The SMILES string of the molecule is CCC1Oc2cc(NC(=O)CCC(=O)O)ccc2N(COC)C1=O. The number of nitrogens with zero attached hydrogens (tertiary/aromatic N) is 1. The summed E-state index contributed by atoms with van der Waals surface area (Å²) in [7, 11) is 1.50. The van der Waals surface area contributed by atoms with Crippen molar-refractivity contribution in [2.45, 2.75) is 32.3 Å². The Morgan fingerprint density at radius 2 is 2.12 bits per heavy atom. The lowest BCUT2D eigenvalue weighted by atomic mass is 10.1. The molecule has 2 amide bonds. The second-order valence-electron chi connectivity index (χ2n) is 5.32. The van der Waals surface area contributed by atoms with Crippen LogP contribution in [-0.2, 0) is 19.1 Å². The maximum Gasteiger partial charge on any atom is 0.303 e. The quantitative estimate of drug-likeness (QED) is 0.783. The number of benzene rings is 1. The third-order valence-corrected chi connectivity index (χ3v) is 3.54. The van der Waals surface area contributed by atoms with Gasteiger partial charge in [-0.25, -0.2) is 0 Å². The first-order valence-corrected chi connectivity index (χ1v) is 7.59. The number of carboxylic acids is 1. The third kappa shape index (κ3) is 4.02. The molecule has 1 heterocycles. The van der Waals surface area contributed by atoms with Gasteiger partial charge in [-0.05, 0) is 18.6 Å². The molecule has 1 aromatic rings. The minimum Gasteiger partial charge on any atom is -0.481 e. The number of hydrogen-bond acceptors (Lipinski definition) is 5. The fraction of sp³-hybridized carbons (Fsp3) is 0.438. The number of aliphatic carboxylic acids is 1. The molecule has 1 atom stereocenters. The standard InChI is InChI=1S/C16H20N2O6/c1-3-12-16(22)18(9-23-2)11-5-4-10(8-13(11)24-12)17-14(19)6-7-15(20)21/h4-5,8,12H,3,6-7,9H2,1-2H3,(H,17,19)(H,20,21). The molecule has 0 radical (unpaired) electrons. The van der Waals surface area contributed by atoms with E-state index in [1.807, 2.05) is 6.92 Å². The molecule has 2 rings (SSSR count). The molecule has 0 aromatic heterocycles. The van der Waals surface area contributed by atoms with Crippen LogP contribution in [0.5, 0.6) is 5.75 Å². The lowest BCUT2D eigenvalue weighted by molar-refractivity contribution is -0.138. The maximum absolute atomic E-state index is 12.3. The van der Waals surface area contributed by atoms with E-state index in [0.717, 1.165) is 0 Å². The van der Waals surface area contributed by atoms with E-state index in [1.54, 1.807) is 18.2 Å². The first-order chi connectivity index (χ1) is 11.5. The van der Waals surface area contributed by atoms with Gasteiger partial charge in [-0.3, -0.25) is 19.3 Å². The van der Waals surface area contributed by atoms with Gasteiger partial charge in [-0.15, -0.1) is 0 Å². The fourth-order valence-electron chi connectivity index (χ4n) is 2.37. The topological polar surface area (TPSA) is 105 Å². The fourth-order valence-corrected chi connectivity index (χ4v) is 2.37. The van der Waals surface area contributed by atoms with Crippen LogP contribution in [0.15, 0.2) is 18.2 Å². The second-order valence-corrected chi connectivity index (χ2v) is 5.32. The number of anilines is 2. The van der Waals surface area contributed by atoms with E-state index in [0.29, 0.717) is 23.5 Å². The molecule has 1 aliphatic heterocycles. The zero-order chi connectivity index (χ0) is 17.7. The number of fused-ring (bicyclic) bond motifs is 1. The summed E-state index contributed by atoms with van der Waals surface area (Å²) < 4.78 is 10.8. The zero-order valence-electron chi connectivity index (χ0n) is 13.6. The summed E-state index contributed by atoms with van der Waals surface area (Å²) in [5.41, 5.74) is 1.04. The molecule has 24 heavy (non-hydrogen) atoms. The van der Waals surface area contributed by atoms with E-state index in [4.69, 9.17) is 14.6 Å². The number of amides is 2. The Balaban J connectivity index is 2.18. The Morgan fingerprint density at radius 3 is 2.75 bits per heavy atom. The highest BCUT2D eigenvalue weighted by atomic mass is 16.5. The van der Waals surface area contributed by atoms with Crippen LogP contribution >= 0.6 is 0 Å². The van der Waals surface area contributed by atoms with Gasteiger partial charge in [-0.1, -0.05) is 6.92 Å². The molecule has 0 bridgehead atoms. The van der Waals surface area contributed by atoms with Gasteiger partial charge in [0.05, 0.1) is 12.1 Å². The third-order valence-electron chi connectivity index (χ3n) is 3.54. The largest absolute Gasteiger partial charge is 0.481 e. The Kier molecular flexibility index (Phi) is 5.75. The van der Waals surface area contributed by atoms with Crippen molar-refractivity contribution < 1.29 is 29.0 Å². The van der Waals surface area contributed by atoms with Crippen LogP contribution in [0.4, 0.5) is 11.4 Å². The molecular formula is C16H20N2O6. The predicted molar refractivity (Wildman–Crippen MR) is 86.0 cm³/mol. The zero-order valence-corrected chi connectivity index (χ0v) is 13.6. The summed E-state index contributed by atoms with van der Waals surface area (Å²) in [4.78, 5) is 36.0. The molecular weight excluding hydrogens is 316 g/mol. The molecule has 1 aliphatic rings. The predicted octanol–water partition coefficient (Wildman–Crippen LogP) is 1.60. The lowest BCUT2D eigenvalue weighted by Gasteiger charge is -2.33. The van der Waals surface area contributed by atoms with Crippen LogP contribution in [-0.4, -0.2) is 42.8 Å². The monoisotopic (exact) mass is 336 g/mol. The number of methoxy groups -OCH3 is 1. The van der Waals surface area contributed by atoms with Gasteiger partial charge in [0.1, 0.15) is 12.5 Å². The van der Waals surface area contributed by atoms with Crippen LogP contribution in [0.2, 0.25) is 0 Å². The number of carboxylic acid groups (broad SMARTS) is 1. The molecule has 8 heteroatoms. The molecule has 2 N–H and O–H groups in total. The van der Waals surface area contributed by atoms with Gasteiger partial charge in [0.2, 0.25) is 5.91 Å². The summed E-state index contributed by atoms with van der Waals surface area (Å²) in [6.45, 7) is 1.95. The van der Waals surface area contributed by atoms with Crippen LogP contribution in [0.3, 0.4) is 0 Å². The van der Waals surface area contributed by atoms with Crippen LogP contribution in [0, 0.1) is 0 Å². The lowest BCUT2D eigenvalue weighted by Crippen LogP contribution is -2.46. The highest BCUT2D eigenvalue weighted by Gasteiger charge is 2.33. The number of rotatable bonds is 7. The van der Waals surface area contributed by atoms with Gasteiger partial charge in [0.25, 0.3) is 5.91 Å². The average Bonchev–Trinajstić information content (AvgIpc) is 2.55. The Bertz CT molecular complexity index is 645. The van der Waals surface area contributed by atoms with E-state index in [2.05, 4.69) is 5.32 Å². The molecule has 0 fully saturated rings. The van der Waals surface area contributed by atoms with E-state index in [9.17, 15) is 14.4 Å². The van der Waals surface area contributed by atoms with Crippen LogP contribution < -0.4 is 15.0 Å². The van der Waals surface area contributed by atoms with Gasteiger partial charge in [-0.2, -0.15) is 0 Å². The highest BCUT2D eigenvalue weighted by Crippen LogP contribution is 2.36. The summed E-state index contributed by atoms with van der Waals surface area (Å²) in [6.07, 6.45) is -0.445. The van der Waals surface area contributed by atoms with Crippen LogP contribution in [0.1, 0.15) is 26.2 Å². The smallest absolute Gasteiger partial charge is 0.303 e. The van der Waals surface area contributed by atoms with E-state index >= 15 is 0 Å². The number of carbonyl (C=O) groups is 3.